The molecule has 0 unspecified atom stereocenters. The Hall–Kier alpha value is -2.12. The Morgan fingerprint density at radius 2 is 1.89 bits per heavy atom. The number of amides is 1. The summed E-state index contributed by atoms with van der Waals surface area (Å²) in [5.74, 6) is -0.619. The molecule has 2 saturated heterocycles. The summed E-state index contributed by atoms with van der Waals surface area (Å²) < 4.78 is 5.73. The summed E-state index contributed by atoms with van der Waals surface area (Å²) in [6.45, 7) is 3.96. The molecule has 0 bridgehead atoms. The average Bonchev–Trinajstić information content (AvgIpc) is 2.90. The summed E-state index contributed by atoms with van der Waals surface area (Å²) in [6, 6.07) is 8.17. The van der Waals surface area contributed by atoms with Crippen LogP contribution in [-0.4, -0.2) is 84.6 Å². The number of carbonyl (C=O) groups excluding carboxylic acids is 1. The molecular weight excluding hydrogens is 358 g/mol. The molecule has 28 heavy (non-hydrogen) atoms. The molecule has 2 aliphatic heterocycles. The van der Waals surface area contributed by atoms with Crippen LogP contribution in [0.25, 0.3) is 0 Å². The summed E-state index contributed by atoms with van der Waals surface area (Å²) in [6.07, 6.45) is 1.54. The van der Waals surface area contributed by atoms with Crippen molar-refractivity contribution < 1.29 is 19.4 Å². The minimum atomic E-state index is -0.851. The Balaban J connectivity index is 1.54. The number of hydrogen-bond acceptors (Lipinski definition) is 5. The summed E-state index contributed by atoms with van der Waals surface area (Å²) >= 11 is 0. The van der Waals surface area contributed by atoms with Gasteiger partial charge >= 0.3 is 5.97 Å². The highest BCUT2D eigenvalue weighted by Crippen LogP contribution is 2.43. The lowest BCUT2D eigenvalue weighted by Gasteiger charge is -2.45. The number of piperidine rings is 1. The van der Waals surface area contributed by atoms with Crippen LogP contribution in [-0.2, 0) is 16.1 Å². The second-order valence-electron chi connectivity index (χ2n) is 8.22. The van der Waals surface area contributed by atoms with Crippen molar-refractivity contribution in [3.05, 3.63) is 29.8 Å². The first kappa shape index (κ1) is 20.6. The third-order valence-electron chi connectivity index (χ3n) is 6.23. The molecule has 0 aromatic heterocycles. The smallest absolute Gasteiger partial charge is 0.309 e. The monoisotopic (exact) mass is 389 g/mol. The van der Waals surface area contributed by atoms with Crippen LogP contribution in [0.3, 0.4) is 0 Å². The Morgan fingerprint density at radius 3 is 2.46 bits per heavy atom. The van der Waals surface area contributed by atoms with E-state index in [9.17, 15) is 14.7 Å². The van der Waals surface area contributed by atoms with Gasteiger partial charge in [-0.3, -0.25) is 14.5 Å². The molecule has 1 N–H and O–H groups in total. The highest BCUT2D eigenvalue weighted by molar-refractivity contribution is 5.88. The van der Waals surface area contributed by atoms with E-state index in [1.165, 1.54) is 5.56 Å². The van der Waals surface area contributed by atoms with Crippen LogP contribution in [0.15, 0.2) is 24.3 Å². The maximum Gasteiger partial charge on any atom is 0.309 e. The highest BCUT2D eigenvalue weighted by atomic mass is 16.5. The van der Waals surface area contributed by atoms with Crippen LogP contribution in [0.4, 0.5) is 0 Å². The number of ether oxygens (including phenoxy) is 1. The van der Waals surface area contributed by atoms with Crippen LogP contribution in [0, 0.1) is 5.92 Å². The van der Waals surface area contributed by atoms with Crippen molar-refractivity contribution in [2.75, 3.05) is 47.4 Å². The molecule has 1 spiro atoms. The first-order valence-corrected chi connectivity index (χ1v) is 9.90. The van der Waals surface area contributed by atoms with E-state index in [1.807, 2.05) is 26.2 Å². The zero-order chi connectivity index (χ0) is 20.3. The normalized spacial score (nSPS) is 22.2. The number of likely N-dealkylation sites (N-methyl/N-ethyl adjacent to an activating group) is 1. The number of carboxylic acids is 1. The molecule has 1 amide bonds. The molecule has 0 saturated carbocycles. The van der Waals surface area contributed by atoms with Gasteiger partial charge in [0.1, 0.15) is 12.4 Å². The molecule has 1 atom stereocenters. The first-order chi connectivity index (χ1) is 13.3. The minimum absolute atomic E-state index is 0.0503. The van der Waals surface area contributed by atoms with Gasteiger partial charge < -0.3 is 19.6 Å². The number of hydrogen-bond donors (Lipinski definition) is 1. The largest absolute Gasteiger partial charge is 0.492 e. The van der Waals surface area contributed by atoms with Gasteiger partial charge in [-0.1, -0.05) is 12.1 Å². The number of benzene rings is 1. The van der Waals surface area contributed by atoms with Gasteiger partial charge in [-0.25, -0.2) is 0 Å². The van der Waals surface area contributed by atoms with E-state index in [0.29, 0.717) is 19.4 Å². The van der Waals surface area contributed by atoms with Crippen LogP contribution in [0.1, 0.15) is 24.8 Å². The number of carboxylic acid groups (broad SMARTS) is 1. The predicted molar refractivity (Wildman–Crippen MR) is 106 cm³/mol. The third kappa shape index (κ3) is 4.31. The quantitative estimate of drug-likeness (QED) is 0.762. The van der Waals surface area contributed by atoms with E-state index < -0.39 is 17.4 Å². The van der Waals surface area contributed by atoms with Gasteiger partial charge in [0.15, 0.2) is 0 Å². The number of aliphatic carboxylic acids is 1. The summed E-state index contributed by atoms with van der Waals surface area (Å²) in [5.41, 5.74) is 0.686. The molecule has 0 radical (unpaired) electrons. The fourth-order valence-corrected chi connectivity index (χ4v) is 4.38. The Bertz CT molecular complexity index is 696. The van der Waals surface area contributed by atoms with Crippen LogP contribution < -0.4 is 4.74 Å². The number of rotatable bonds is 7. The minimum Gasteiger partial charge on any atom is -0.492 e. The zero-order valence-corrected chi connectivity index (χ0v) is 17.1. The van der Waals surface area contributed by atoms with E-state index in [2.05, 4.69) is 21.9 Å². The molecular formula is C21H31N3O4. The molecule has 154 valence electrons. The van der Waals surface area contributed by atoms with E-state index in [1.54, 1.807) is 11.9 Å². The SMILES string of the molecule is CN(C)CCOc1ccc(CN2CCC3(CC2)[C@H](C(=O)O)CC(=O)N3C)cc1. The second kappa shape index (κ2) is 8.49. The molecule has 1 aromatic rings. The average molecular weight is 389 g/mol. The lowest BCUT2D eigenvalue weighted by atomic mass is 9.77. The Morgan fingerprint density at radius 1 is 1.25 bits per heavy atom. The summed E-state index contributed by atoms with van der Waals surface area (Å²) in [4.78, 5) is 29.9. The second-order valence-corrected chi connectivity index (χ2v) is 8.22. The molecule has 2 fully saturated rings. The van der Waals surface area contributed by atoms with Crippen molar-refractivity contribution in [1.29, 1.82) is 0 Å². The van der Waals surface area contributed by atoms with Gasteiger partial charge in [-0.05, 0) is 44.6 Å². The van der Waals surface area contributed by atoms with Gasteiger partial charge in [0.05, 0.1) is 11.5 Å². The van der Waals surface area contributed by atoms with E-state index >= 15 is 0 Å². The van der Waals surface area contributed by atoms with Crippen molar-refractivity contribution >= 4 is 11.9 Å². The van der Waals surface area contributed by atoms with Crippen molar-refractivity contribution in [2.45, 2.75) is 31.3 Å². The molecule has 1 aromatic carbocycles. The van der Waals surface area contributed by atoms with E-state index in [-0.39, 0.29) is 12.3 Å². The van der Waals surface area contributed by atoms with Crippen LogP contribution >= 0.6 is 0 Å². The summed E-state index contributed by atoms with van der Waals surface area (Å²) in [7, 11) is 5.80. The Kier molecular flexibility index (Phi) is 6.25. The standard InChI is InChI=1S/C21H31N3O4/c1-22(2)12-13-28-17-6-4-16(5-7-17)15-24-10-8-21(9-11-24)18(20(26)27)14-19(25)23(21)3/h4-7,18H,8-15H2,1-3H3,(H,26,27)/t18-/m0/s1. The van der Waals surface area contributed by atoms with Gasteiger partial charge in [0.25, 0.3) is 0 Å². The lowest BCUT2D eigenvalue weighted by Crippen LogP contribution is -2.55. The Labute approximate surface area is 166 Å². The van der Waals surface area contributed by atoms with Crippen molar-refractivity contribution in [3.8, 4) is 5.75 Å². The van der Waals surface area contributed by atoms with Crippen molar-refractivity contribution in [1.82, 2.24) is 14.7 Å². The summed E-state index contributed by atoms with van der Waals surface area (Å²) in [5, 5.41) is 9.58. The fourth-order valence-electron chi connectivity index (χ4n) is 4.38. The van der Waals surface area contributed by atoms with Gasteiger partial charge in [0, 0.05) is 39.6 Å². The molecule has 2 aliphatic rings. The van der Waals surface area contributed by atoms with Gasteiger partial charge in [-0.15, -0.1) is 0 Å². The fraction of sp³-hybridized carbons (Fsp3) is 0.619. The molecule has 0 aliphatic carbocycles. The number of nitrogens with zero attached hydrogens (tertiary/aromatic N) is 3. The van der Waals surface area contributed by atoms with Gasteiger partial charge in [0.2, 0.25) is 5.91 Å². The van der Waals surface area contributed by atoms with E-state index in [4.69, 9.17) is 4.74 Å². The third-order valence-corrected chi connectivity index (χ3v) is 6.23. The highest BCUT2D eigenvalue weighted by Gasteiger charge is 2.55. The van der Waals surface area contributed by atoms with Gasteiger partial charge in [-0.2, -0.15) is 0 Å². The predicted octanol–water partition coefficient (Wildman–Crippen LogP) is 1.52. The lowest BCUT2D eigenvalue weighted by molar-refractivity contribution is -0.146. The topological polar surface area (TPSA) is 73.3 Å². The maximum absolute atomic E-state index is 12.1. The van der Waals surface area contributed by atoms with Crippen molar-refractivity contribution in [2.24, 2.45) is 5.92 Å². The molecule has 3 rings (SSSR count). The maximum atomic E-state index is 12.1. The van der Waals surface area contributed by atoms with E-state index in [0.717, 1.165) is 31.9 Å². The number of carbonyl (C=O) groups is 2. The zero-order valence-electron chi connectivity index (χ0n) is 17.1. The van der Waals surface area contributed by atoms with Crippen molar-refractivity contribution in [3.63, 3.8) is 0 Å². The number of likely N-dealkylation sites (tertiary alicyclic amines) is 2. The first-order valence-electron chi connectivity index (χ1n) is 9.90. The molecule has 7 nitrogen and oxygen atoms in total. The van der Waals surface area contributed by atoms with Crippen LogP contribution in [0.2, 0.25) is 0 Å². The molecule has 7 heteroatoms. The van der Waals surface area contributed by atoms with Crippen LogP contribution in [0.5, 0.6) is 5.75 Å². The molecule has 2 heterocycles.